The van der Waals surface area contributed by atoms with Gasteiger partial charge in [0.15, 0.2) is 0 Å². The van der Waals surface area contributed by atoms with Crippen LogP contribution < -0.4 is 9.64 Å². The summed E-state index contributed by atoms with van der Waals surface area (Å²) in [6.45, 7) is 3.76. The van der Waals surface area contributed by atoms with Crippen molar-refractivity contribution in [2.24, 2.45) is 0 Å². The number of aliphatic hydroxyl groups is 1. The van der Waals surface area contributed by atoms with E-state index < -0.39 is 17.7 Å². The van der Waals surface area contributed by atoms with Crippen LogP contribution in [0, 0.1) is 6.92 Å². The highest BCUT2D eigenvalue weighted by Crippen LogP contribution is 2.43. The van der Waals surface area contributed by atoms with Gasteiger partial charge in [0.1, 0.15) is 22.6 Å². The Morgan fingerprint density at radius 3 is 2.65 bits per heavy atom. The number of benzene rings is 2. The summed E-state index contributed by atoms with van der Waals surface area (Å²) in [4.78, 5) is 27.5. The van der Waals surface area contributed by atoms with Gasteiger partial charge in [-0.1, -0.05) is 41.7 Å². The van der Waals surface area contributed by atoms with E-state index in [2.05, 4.69) is 10.2 Å². The minimum absolute atomic E-state index is 0.0379. The molecule has 0 unspecified atom stereocenters. The molecule has 2 atom stereocenters. The van der Waals surface area contributed by atoms with Gasteiger partial charge in [-0.2, -0.15) is 0 Å². The first-order valence-electron chi connectivity index (χ1n) is 9.90. The van der Waals surface area contributed by atoms with Crippen LogP contribution in [-0.4, -0.2) is 33.1 Å². The molecule has 2 aromatic carbocycles. The highest BCUT2D eigenvalue weighted by atomic mass is 32.1. The molecular formula is C23H19N3O4S. The summed E-state index contributed by atoms with van der Waals surface area (Å²) in [5.41, 5.74) is 2.18. The Kier molecular flexibility index (Phi) is 4.59. The van der Waals surface area contributed by atoms with Crippen molar-refractivity contribution in [3.8, 4) is 5.75 Å². The zero-order valence-electron chi connectivity index (χ0n) is 16.9. The molecule has 2 aliphatic heterocycles. The van der Waals surface area contributed by atoms with Crippen molar-refractivity contribution in [1.82, 2.24) is 10.2 Å². The summed E-state index contributed by atoms with van der Waals surface area (Å²) in [7, 11) is 0. The maximum atomic E-state index is 13.1. The highest BCUT2D eigenvalue weighted by Gasteiger charge is 2.48. The van der Waals surface area contributed by atoms with Crippen LogP contribution in [-0.2, 0) is 16.0 Å². The fourth-order valence-electron chi connectivity index (χ4n) is 4.09. The van der Waals surface area contributed by atoms with Gasteiger partial charge in [0.2, 0.25) is 5.13 Å². The Morgan fingerprint density at radius 1 is 1.16 bits per heavy atom. The summed E-state index contributed by atoms with van der Waals surface area (Å²) in [5, 5.41) is 20.3. The monoisotopic (exact) mass is 433 g/mol. The van der Waals surface area contributed by atoms with Gasteiger partial charge in [-0.3, -0.25) is 14.5 Å². The molecule has 0 saturated carbocycles. The Bertz CT molecular complexity index is 1230. The third-order valence-corrected chi connectivity index (χ3v) is 6.29. The number of ether oxygens (including phenoxy) is 1. The van der Waals surface area contributed by atoms with Gasteiger partial charge >= 0.3 is 5.91 Å². The number of anilines is 1. The molecule has 3 heterocycles. The number of amides is 1. The average molecular weight is 433 g/mol. The number of Topliss-reactive ketones (excluding diaryl/α,β-unsaturated/α-hetero) is 1. The lowest BCUT2D eigenvalue weighted by molar-refractivity contribution is -0.132. The number of ketones is 1. The number of hydrogen-bond acceptors (Lipinski definition) is 7. The Balaban J connectivity index is 1.68. The number of aliphatic hydroxyl groups excluding tert-OH is 1. The Hall–Kier alpha value is -3.52. The zero-order chi connectivity index (χ0) is 21.7. The van der Waals surface area contributed by atoms with E-state index in [1.165, 1.54) is 16.2 Å². The first kappa shape index (κ1) is 19.4. The maximum absolute atomic E-state index is 13.1. The molecule has 0 spiro atoms. The first-order valence-corrected chi connectivity index (χ1v) is 10.7. The molecule has 156 valence electrons. The molecule has 0 aliphatic carbocycles. The molecule has 2 aliphatic rings. The molecule has 0 bridgehead atoms. The molecule has 1 saturated heterocycles. The first-order chi connectivity index (χ1) is 14.9. The molecule has 0 radical (unpaired) electrons. The third kappa shape index (κ3) is 3.19. The summed E-state index contributed by atoms with van der Waals surface area (Å²) in [6.07, 6.45) is 0.777. The normalized spacial score (nSPS) is 21.9. The number of aryl methyl sites for hydroxylation is 1. The quantitative estimate of drug-likeness (QED) is 0.384. The fraction of sp³-hybridized carbons (Fsp3) is 0.217. The molecular weight excluding hydrogens is 414 g/mol. The van der Waals surface area contributed by atoms with Crippen LogP contribution in [0.4, 0.5) is 5.13 Å². The van der Waals surface area contributed by atoms with E-state index in [0.29, 0.717) is 21.3 Å². The van der Waals surface area contributed by atoms with Crippen molar-refractivity contribution in [2.75, 3.05) is 4.90 Å². The molecule has 1 N–H and O–H groups in total. The van der Waals surface area contributed by atoms with Crippen LogP contribution in [0.5, 0.6) is 5.75 Å². The summed E-state index contributed by atoms with van der Waals surface area (Å²) in [5.74, 6) is -0.916. The van der Waals surface area contributed by atoms with E-state index in [-0.39, 0.29) is 17.4 Å². The van der Waals surface area contributed by atoms with Gasteiger partial charge < -0.3 is 9.84 Å². The number of fused-ring (bicyclic) bond motifs is 1. The van der Waals surface area contributed by atoms with Crippen molar-refractivity contribution in [3.05, 3.63) is 75.8 Å². The molecule has 5 rings (SSSR count). The van der Waals surface area contributed by atoms with E-state index in [0.717, 1.165) is 17.7 Å². The molecule has 1 aromatic heterocycles. The third-order valence-electron chi connectivity index (χ3n) is 5.45. The number of carbonyl (C=O) groups is 2. The van der Waals surface area contributed by atoms with Crippen molar-refractivity contribution < 1.29 is 19.4 Å². The van der Waals surface area contributed by atoms with Crippen LogP contribution in [0.15, 0.2) is 54.1 Å². The number of nitrogens with zero attached hydrogens (tertiary/aromatic N) is 3. The second-order valence-electron chi connectivity index (χ2n) is 7.64. The zero-order valence-corrected chi connectivity index (χ0v) is 17.7. The van der Waals surface area contributed by atoms with Crippen LogP contribution in [0.25, 0.3) is 5.76 Å². The lowest BCUT2D eigenvalue weighted by Gasteiger charge is -2.22. The van der Waals surface area contributed by atoms with E-state index in [1.807, 2.05) is 43.3 Å². The van der Waals surface area contributed by atoms with E-state index in [9.17, 15) is 14.7 Å². The van der Waals surface area contributed by atoms with Gasteiger partial charge in [0.25, 0.3) is 5.78 Å². The van der Waals surface area contributed by atoms with Crippen LogP contribution in [0.2, 0.25) is 0 Å². The standard InChI is InChI=1S/C23H19N3O4S/c1-12-10-16-11-15(8-9-17(16)30-12)20(27)18-19(14-6-4-3-5-7-14)26(22(29)21(18)28)23-25-24-13(2)31-23/h3-9,11-12,19,27H,10H2,1-2H3/t12-,19+/m1/s1. The van der Waals surface area contributed by atoms with E-state index >= 15 is 0 Å². The van der Waals surface area contributed by atoms with Crippen molar-refractivity contribution in [3.63, 3.8) is 0 Å². The van der Waals surface area contributed by atoms with E-state index in [1.54, 1.807) is 19.1 Å². The van der Waals surface area contributed by atoms with Crippen molar-refractivity contribution in [1.29, 1.82) is 0 Å². The van der Waals surface area contributed by atoms with Gasteiger partial charge in [-0.15, -0.1) is 10.2 Å². The number of carbonyl (C=O) groups excluding carboxylic acids is 2. The predicted molar refractivity (Wildman–Crippen MR) is 116 cm³/mol. The van der Waals surface area contributed by atoms with Gasteiger partial charge in [0, 0.05) is 12.0 Å². The lowest BCUT2D eigenvalue weighted by atomic mass is 9.94. The summed E-state index contributed by atoms with van der Waals surface area (Å²) < 4.78 is 5.73. The largest absolute Gasteiger partial charge is 0.507 e. The van der Waals surface area contributed by atoms with Gasteiger partial charge in [-0.25, -0.2) is 0 Å². The van der Waals surface area contributed by atoms with Gasteiger partial charge in [0.05, 0.1) is 11.6 Å². The van der Waals surface area contributed by atoms with Gasteiger partial charge in [-0.05, 0) is 43.2 Å². The molecule has 1 fully saturated rings. The Morgan fingerprint density at radius 2 is 1.94 bits per heavy atom. The van der Waals surface area contributed by atoms with Crippen LogP contribution in [0.3, 0.4) is 0 Å². The minimum atomic E-state index is -0.794. The molecule has 31 heavy (non-hydrogen) atoms. The molecule has 7 nitrogen and oxygen atoms in total. The number of aromatic nitrogens is 2. The van der Waals surface area contributed by atoms with Crippen molar-refractivity contribution in [2.45, 2.75) is 32.4 Å². The summed E-state index contributed by atoms with van der Waals surface area (Å²) in [6, 6.07) is 13.7. The molecule has 1 amide bonds. The lowest BCUT2D eigenvalue weighted by Crippen LogP contribution is -2.29. The van der Waals surface area contributed by atoms with Crippen LogP contribution >= 0.6 is 11.3 Å². The fourth-order valence-corrected chi connectivity index (χ4v) is 4.80. The van der Waals surface area contributed by atoms with E-state index in [4.69, 9.17) is 4.74 Å². The number of hydrogen-bond donors (Lipinski definition) is 1. The topological polar surface area (TPSA) is 92.6 Å². The maximum Gasteiger partial charge on any atom is 0.301 e. The number of rotatable bonds is 3. The van der Waals surface area contributed by atoms with Crippen molar-refractivity contribution >= 4 is 33.9 Å². The molecule has 3 aromatic rings. The smallest absolute Gasteiger partial charge is 0.301 e. The Labute approximate surface area is 182 Å². The SMILES string of the molecule is Cc1nnc(N2C(=O)C(=O)C(=C(O)c3ccc4c(c3)C[C@@H](C)O4)[C@@H]2c2ccccc2)s1. The van der Waals surface area contributed by atoms with Crippen LogP contribution in [0.1, 0.15) is 34.7 Å². The average Bonchev–Trinajstić information content (AvgIpc) is 3.43. The summed E-state index contributed by atoms with van der Waals surface area (Å²) >= 11 is 1.23. The highest BCUT2D eigenvalue weighted by molar-refractivity contribution is 7.15. The molecule has 8 heteroatoms. The predicted octanol–water partition coefficient (Wildman–Crippen LogP) is 3.80. The minimum Gasteiger partial charge on any atom is -0.507 e. The second-order valence-corrected chi connectivity index (χ2v) is 8.80. The second kappa shape index (κ2) is 7.31.